The van der Waals surface area contributed by atoms with E-state index in [0.29, 0.717) is 5.78 Å². The molecule has 4 heterocycles. The van der Waals surface area contributed by atoms with Crippen molar-refractivity contribution in [3.05, 3.63) is 90.8 Å². The minimum Gasteiger partial charge on any atom is -0.352 e. The van der Waals surface area contributed by atoms with Gasteiger partial charge in [0.1, 0.15) is 12.2 Å². The van der Waals surface area contributed by atoms with Gasteiger partial charge < -0.3 is 5.32 Å². The maximum absolute atomic E-state index is 12.1. The third-order valence-electron chi connectivity index (χ3n) is 7.37. The van der Waals surface area contributed by atoms with Gasteiger partial charge in [-0.3, -0.25) is 14.5 Å². The number of hydrogen-bond donors (Lipinski definition) is 1. The van der Waals surface area contributed by atoms with Gasteiger partial charge in [0.05, 0.1) is 23.3 Å². The second kappa shape index (κ2) is 9.33. The molecule has 1 saturated carbocycles. The van der Waals surface area contributed by atoms with Crippen LogP contribution in [0.4, 0.5) is 0 Å². The van der Waals surface area contributed by atoms with Gasteiger partial charge in [0.25, 0.3) is 5.78 Å². The van der Waals surface area contributed by atoms with Crippen molar-refractivity contribution in [1.82, 2.24) is 44.9 Å². The zero-order valence-corrected chi connectivity index (χ0v) is 22.2. The number of fused-ring (bicyclic) bond motifs is 2. The Morgan fingerprint density at radius 3 is 2.60 bits per heavy atom. The van der Waals surface area contributed by atoms with Crippen LogP contribution in [-0.2, 0) is 16.8 Å². The first kappa shape index (κ1) is 24.1. The van der Waals surface area contributed by atoms with Gasteiger partial charge in [-0.25, -0.2) is 4.98 Å². The zero-order chi connectivity index (χ0) is 27.3. The van der Waals surface area contributed by atoms with Crippen LogP contribution in [0.5, 0.6) is 0 Å². The molecule has 10 heteroatoms. The Bertz CT molecular complexity index is 1870. The van der Waals surface area contributed by atoms with E-state index in [-0.39, 0.29) is 23.9 Å². The SMILES string of the molecule is CC(C)NC(=O)Cn1cc(-c2ccc(-c3cnc4nnc(C5(c6ccc7ncccc7c6)CC5)n4n3)cc2)cn1. The number of hydrogen-bond acceptors (Lipinski definition) is 7. The van der Waals surface area contributed by atoms with Crippen LogP contribution in [0.25, 0.3) is 39.1 Å². The summed E-state index contributed by atoms with van der Waals surface area (Å²) in [5, 5.41) is 22.1. The number of carbonyl (C=O) groups excluding carboxylic acids is 1. The Hall–Kier alpha value is -4.99. The number of carbonyl (C=O) groups is 1. The molecule has 7 rings (SSSR count). The van der Waals surface area contributed by atoms with Crippen molar-refractivity contribution in [3.8, 4) is 22.4 Å². The number of amides is 1. The van der Waals surface area contributed by atoms with Crippen molar-refractivity contribution in [3.63, 3.8) is 0 Å². The highest BCUT2D eigenvalue weighted by Crippen LogP contribution is 2.53. The third kappa shape index (κ3) is 4.27. The van der Waals surface area contributed by atoms with E-state index in [2.05, 4.69) is 54.8 Å². The van der Waals surface area contributed by atoms with Gasteiger partial charge in [0.15, 0.2) is 5.82 Å². The molecule has 1 aliphatic rings. The average Bonchev–Trinajstić information content (AvgIpc) is 3.44. The van der Waals surface area contributed by atoms with E-state index >= 15 is 0 Å². The molecule has 40 heavy (non-hydrogen) atoms. The summed E-state index contributed by atoms with van der Waals surface area (Å²) in [7, 11) is 0. The van der Waals surface area contributed by atoms with E-state index in [1.165, 1.54) is 5.56 Å². The van der Waals surface area contributed by atoms with Crippen molar-refractivity contribution in [2.45, 2.75) is 44.7 Å². The zero-order valence-electron chi connectivity index (χ0n) is 22.2. The second-order valence-corrected chi connectivity index (χ2v) is 10.6. The van der Waals surface area contributed by atoms with Crippen LogP contribution >= 0.6 is 0 Å². The second-order valence-electron chi connectivity index (χ2n) is 10.6. The lowest BCUT2D eigenvalue weighted by Gasteiger charge is -2.14. The maximum atomic E-state index is 12.1. The summed E-state index contributed by atoms with van der Waals surface area (Å²) < 4.78 is 3.43. The minimum atomic E-state index is -0.229. The Morgan fingerprint density at radius 1 is 0.975 bits per heavy atom. The van der Waals surface area contributed by atoms with Crippen molar-refractivity contribution < 1.29 is 4.79 Å². The van der Waals surface area contributed by atoms with Gasteiger partial charge >= 0.3 is 0 Å². The molecule has 0 atom stereocenters. The van der Waals surface area contributed by atoms with Gasteiger partial charge in [-0.05, 0) is 56.0 Å². The molecule has 1 amide bonds. The molecule has 0 aliphatic heterocycles. The van der Waals surface area contributed by atoms with Gasteiger partial charge in [-0.2, -0.15) is 14.7 Å². The van der Waals surface area contributed by atoms with Crippen molar-refractivity contribution in [2.75, 3.05) is 0 Å². The predicted molar refractivity (Wildman–Crippen MR) is 150 cm³/mol. The number of nitrogens with zero attached hydrogens (tertiary/aromatic N) is 8. The molecule has 1 N–H and O–H groups in total. The van der Waals surface area contributed by atoms with Gasteiger partial charge in [0.2, 0.25) is 5.91 Å². The molecule has 0 bridgehead atoms. The number of benzene rings is 2. The molecule has 10 nitrogen and oxygen atoms in total. The largest absolute Gasteiger partial charge is 0.352 e. The first-order valence-electron chi connectivity index (χ1n) is 13.4. The van der Waals surface area contributed by atoms with Crippen LogP contribution in [0.2, 0.25) is 0 Å². The molecular formula is C30H27N9O. The molecule has 4 aromatic heterocycles. The monoisotopic (exact) mass is 529 g/mol. The molecule has 198 valence electrons. The van der Waals surface area contributed by atoms with Gasteiger partial charge in [-0.15, -0.1) is 10.2 Å². The summed E-state index contributed by atoms with van der Waals surface area (Å²) >= 11 is 0. The summed E-state index contributed by atoms with van der Waals surface area (Å²) in [5.74, 6) is 1.23. The first-order chi connectivity index (χ1) is 19.5. The van der Waals surface area contributed by atoms with E-state index in [0.717, 1.165) is 52.0 Å². The normalized spacial score (nSPS) is 14.2. The fourth-order valence-corrected chi connectivity index (χ4v) is 5.21. The quantitative estimate of drug-likeness (QED) is 0.329. The molecule has 0 spiro atoms. The summed E-state index contributed by atoms with van der Waals surface area (Å²) in [6.45, 7) is 4.06. The Labute approximate surface area is 230 Å². The fraction of sp³-hybridized carbons (Fsp3) is 0.233. The average molecular weight is 530 g/mol. The van der Waals surface area contributed by atoms with E-state index in [1.54, 1.807) is 21.6 Å². The lowest BCUT2D eigenvalue weighted by molar-refractivity contribution is -0.122. The summed E-state index contributed by atoms with van der Waals surface area (Å²) in [6.07, 6.45) is 9.15. The van der Waals surface area contributed by atoms with Gasteiger partial charge in [-0.1, -0.05) is 36.4 Å². The number of nitrogens with one attached hydrogen (secondary N) is 1. The van der Waals surface area contributed by atoms with Crippen molar-refractivity contribution in [1.29, 1.82) is 0 Å². The maximum Gasteiger partial charge on any atom is 0.271 e. The number of rotatable bonds is 7. The minimum absolute atomic E-state index is 0.0621. The van der Waals surface area contributed by atoms with Crippen molar-refractivity contribution >= 4 is 22.6 Å². The van der Waals surface area contributed by atoms with Crippen LogP contribution in [0, 0.1) is 0 Å². The summed E-state index contributed by atoms with van der Waals surface area (Å²) in [6, 6.07) is 18.6. The summed E-state index contributed by atoms with van der Waals surface area (Å²) in [4.78, 5) is 21.1. The lowest BCUT2D eigenvalue weighted by Crippen LogP contribution is -2.33. The van der Waals surface area contributed by atoms with Crippen LogP contribution < -0.4 is 5.32 Å². The Morgan fingerprint density at radius 2 is 1.80 bits per heavy atom. The molecular weight excluding hydrogens is 502 g/mol. The van der Waals surface area contributed by atoms with E-state index in [1.807, 2.05) is 56.6 Å². The molecule has 0 radical (unpaired) electrons. The standard InChI is InChI=1S/C30H27N9O/c1-19(2)34-27(40)18-38-17-23(15-33-38)20-5-7-21(8-6-20)26-16-32-29-36-35-28(39(29)37-26)30(11-12-30)24-9-10-25-22(14-24)4-3-13-31-25/h3-10,13-17,19H,11-12,18H2,1-2H3,(H,34,40). The van der Waals surface area contributed by atoms with Gasteiger partial charge in [0, 0.05) is 34.9 Å². The van der Waals surface area contributed by atoms with Crippen molar-refractivity contribution in [2.24, 2.45) is 0 Å². The van der Waals surface area contributed by atoms with Crippen LogP contribution in [0.1, 0.15) is 38.1 Å². The molecule has 0 unspecified atom stereocenters. The molecule has 0 saturated heterocycles. The molecule has 6 aromatic rings. The van der Waals surface area contributed by atoms with Crippen LogP contribution in [0.3, 0.4) is 0 Å². The number of aromatic nitrogens is 8. The first-order valence-corrected chi connectivity index (χ1v) is 13.4. The highest BCUT2D eigenvalue weighted by Gasteiger charge is 2.50. The number of pyridine rings is 1. The summed E-state index contributed by atoms with van der Waals surface area (Å²) in [5.41, 5.74) is 5.55. The highest BCUT2D eigenvalue weighted by molar-refractivity contribution is 5.80. The van der Waals surface area contributed by atoms with E-state index in [4.69, 9.17) is 5.10 Å². The molecule has 2 aromatic carbocycles. The fourth-order valence-electron chi connectivity index (χ4n) is 5.21. The molecule has 1 aliphatic carbocycles. The van der Waals surface area contributed by atoms with Crippen LogP contribution in [-0.4, -0.2) is 51.5 Å². The predicted octanol–water partition coefficient (Wildman–Crippen LogP) is 4.20. The third-order valence-corrected chi connectivity index (χ3v) is 7.37. The highest BCUT2D eigenvalue weighted by atomic mass is 16.2. The van der Waals surface area contributed by atoms with E-state index < -0.39 is 0 Å². The smallest absolute Gasteiger partial charge is 0.271 e. The Kier molecular flexibility index (Phi) is 5.62. The Balaban J connectivity index is 1.16. The lowest BCUT2D eigenvalue weighted by atomic mass is 9.94. The van der Waals surface area contributed by atoms with E-state index in [9.17, 15) is 4.79 Å². The molecule has 1 fully saturated rings. The van der Waals surface area contributed by atoms with Crippen LogP contribution in [0.15, 0.2) is 79.4 Å². The topological polar surface area (TPSA) is 116 Å².